The number of anilines is 2. The fourth-order valence-corrected chi connectivity index (χ4v) is 4.25. The second kappa shape index (κ2) is 13.7. The highest BCUT2D eigenvalue weighted by molar-refractivity contribution is 6.06. The lowest BCUT2D eigenvalue weighted by molar-refractivity contribution is 0.114. The van der Waals surface area contributed by atoms with E-state index in [9.17, 15) is 23.2 Å². The normalized spacial score (nSPS) is 13.0. The van der Waals surface area contributed by atoms with Crippen LogP contribution in [0.25, 0.3) is 5.82 Å². The van der Waals surface area contributed by atoms with Gasteiger partial charge in [0.15, 0.2) is 0 Å². The van der Waals surface area contributed by atoms with E-state index in [1.807, 2.05) is 0 Å². The number of nitrogens with zero attached hydrogens (tertiary/aromatic N) is 4. The molecule has 0 radical (unpaired) electrons. The maximum absolute atomic E-state index is 14.7. The van der Waals surface area contributed by atoms with E-state index in [2.05, 4.69) is 31.5 Å². The first-order chi connectivity index (χ1) is 21.0. The molecule has 0 aliphatic carbocycles. The Balaban J connectivity index is 1.93. The minimum atomic E-state index is -0.956. The summed E-state index contributed by atoms with van der Waals surface area (Å²) in [5, 5.41) is 2.57. The highest BCUT2D eigenvalue weighted by atomic mass is 19.1. The molecule has 0 atom stereocenters. The topological polar surface area (TPSA) is 169 Å². The van der Waals surface area contributed by atoms with Crippen molar-refractivity contribution in [2.24, 2.45) is 4.99 Å². The third-order valence-corrected chi connectivity index (χ3v) is 6.27. The summed E-state index contributed by atoms with van der Waals surface area (Å²) in [5.74, 6) is -1.82. The van der Waals surface area contributed by atoms with Crippen LogP contribution in [0.5, 0.6) is 0 Å². The second-order valence-corrected chi connectivity index (χ2v) is 9.61. The van der Waals surface area contributed by atoms with Gasteiger partial charge in [0.1, 0.15) is 28.8 Å². The van der Waals surface area contributed by atoms with Crippen LogP contribution in [-0.2, 0) is 16.1 Å². The van der Waals surface area contributed by atoms with Gasteiger partial charge in [-0.25, -0.2) is 28.4 Å². The molecule has 1 aliphatic rings. The molecule has 2 amide bonds. The number of nitrogens with one attached hydrogen (secondary N) is 4. The Hall–Kier alpha value is -5.48. The molecule has 0 fully saturated rings. The Morgan fingerprint density at radius 3 is 2.30 bits per heavy atom. The number of nitrogens with two attached hydrogens (primary N) is 1. The van der Waals surface area contributed by atoms with Gasteiger partial charge in [0.05, 0.1) is 32.2 Å². The number of rotatable bonds is 10. The number of ether oxygens (including phenoxy) is 1. The van der Waals surface area contributed by atoms with Crippen LogP contribution in [0, 0.1) is 11.6 Å². The first-order valence-electron chi connectivity index (χ1n) is 13.0. The standard InChI is InChI=1S/C28H31F2N9O5/c1-37(2)15-21(32-16-8-10-17(11-9-16)33-27(41)36-44-4)24-25(31)38(14-18-19(29)6-5-7-20(18)30)28(42)39(26(24)40)22-12-13-23(43-3)35-34-22/h5-13,34-35H,14-15,31H2,1-4H3,(H2,33,36,41). The molecule has 6 N–H and O–H groups in total. The molecule has 2 heterocycles. The van der Waals surface area contributed by atoms with Gasteiger partial charge in [-0.1, -0.05) is 6.07 Å². The van der Waals surface area contributed by atoms with E-state index >= 15 is 0 Å². The van der Waals surface area contributed by atoms with Crippen LogP contribution in [0.2, 0.25) is 0 Å². The number of likely N-dealkylation sites (N-methyl/N-ethyl adjacent to an activating group) is 1. The first kappa shape index (κ1) is 31.5. The number of hydrogen-bond acceptors (Lipinski definition) is 10. The molecule has 0 saturated heterocycles. The molecule has 16 heteroatoms. The van der Waals surface area contributed by atoms with E-state index in [-0.39, 0.29) is 29.5 Å². The highest BCUT2D eigenvalue weighted by Gasteiger charge is 2.25. The van der Waals surface area contributed by atoms with E-state index in [0.717, 1.165) is 21.3 Å². The minimum absolute atomic E-state index is 0.00114. The van der Waals surface area contributed by atoms with Crippen molar-refractivity contribution in [3.05, 3.63) is 104 Å². The van der Waals surface area contributed by atoms with Crippen LogP contribution in [0.4, 0.5) is 30.8 Å². The number of halogens is 2. The van der Waals surface area contributed by atoms with Crippen LogP contribution in [-0.4, -0.2) is 60.6 Å². The molecule has 14 nitrogen and oxygen atoms in total. The van der Waals surface area contributed by atoms with E-state index in [4.69, 9.17) is 10.5 Å². The number of methoxy groups -OCH3 is 1. The van der Waals surface area contributed by atoms with Crippen molar-refractivity contribution in [2.75, 3.05) is 45.9 Å². The zero-order valence-electron chi connectivity index (χ0n) is 24.3. The molecule has 1 aromatic heterocycles. The molecule has 232 valence electrons. The first-order valence-corrected chi connectivity index (χ1v) is 13.0. The van der Waals surface area contributed by atoms with Crippen LogP contribution in [0.3, 0.4) is 0 Å². The van der Waals surface area contributed by atoms with Crippen molar-refractivity contribution in [1.29, 1.82) is 0 Å². The maximum Gasteiger partial charge on any atom is 0.343 e. The smallest absolute Gasteiger partial charge is 0.343 e. The van der Waals surface area contributed by atoms with E-state index < -0.39 is 41.0 Å². The molecular formula is C28H31F2N9O5. The summed E-state index contributed by atoms with van der Waals surface area (Å²) in [6.07, 6.45) is 2.90. The minimum Gasteiger partial charge on any atom is -0.481 e. The number of hydroxylamine groups is 1. The number of hydrazine groups is 1. The molecule has 44 heavy (non-hydrogen) atoms. The summed E-state index contributed by atoms with van der Waals surface area (Å²) in [6.45, 7) is -0.532. The SMILES string of the molecule is CONC(=O)Nc1ccc(N=C(CN(C)C)c2c(N)n(Cc3c(F)cccc3F)c(=O)n(C3=CC=C(OC)NN3)c2=O)cc1. The van der Waals surface area contributed by atoms with Gasteiger partial charge in [-0.15, -0.1) is 0 Å². The van der Waals surface area contributed by atoms with Gasteiger partial charge in [-0.05, 0) is 56.6 Å². The van der Waals surface area contributed by atoms with Crippen LogP contribution in [0.15, 0.2) is 75.1 Å². The molecule has 1 aliphatic heterocycles. The Bertz CT molecular complexity index is 1740. The number of aromatic nitrogens is 2. The van der Waals surface area contributed by atoms with Crippen LogP contribution in [0.1, 0.15) is 11.1 Å². The number of urea groups is 1. The number of hydrogen-bond donors (Lipinski definition) is 5. The fourth-order valence-electron chi connectivity index (χ4n) is 4.25. The number of allylic oxidation sites excluding steroid dienone is 2. The molecule has 0 unspecified atom stereocenters. The van der Waals surface area contributed by atoms with Crippen molar-refractivity contribution in [3.8, 4) is 0 Å². The lowest BCUT2D eigenvalue weighted by atomic mass is 10.1. The van der Waals surface area contributed by atoms with Crippen LogP contribution < -0.4 is 38.6 Å². The maximum atomic E-state index is 14.7. The van der Waals surface area contributed by atoms with Gasteiger partial charge < -0.3 is 20.7 Å². The molecule has 0 saturated carbocycles. The van der Waals surface area contributed by atoms with Crippen LogP contribution >= 0.6 is 0 Å². The highest BCUT2D eigenvalue weighted by Crippen LogP contribution is 2.21. The fraction of sp³-hybridized carbons (Fsp3) is 0.214. The second-order valence-electron chi connectivity index (χ2n) is 9.61. The lowest BCUT2D eigenvalue weighted by Gasteiger charge is -2.23. The quantitative estimate of drug-likeness (QED) is 0.169. The van der Waals surface area contributed by atoms with Gasteiger partial charge in [0, 0.05) is 23.9 Å². The summed E-state index contributed by atoms with van der Waals surface area (Å²) >= 11 is 0. The Kier molecular flexibility index (Phi) is 9.77. The van der Waals surface area contributed by atoms with Gasteiger partial charge in [0.2, 0.25) is 5.88 Å². The van der Waals surface area contributed by atoms with E-state index in [1.54, 1.807) is 43.3 Å². The Morgan fingerprint density at radius 1 is 1.05 bits per heavy atom. The number of nitrogen functional groups attached to an aromatic ring is 1. The Labute approximate surface area is 250 Å². The molecule has 0 bridgehead atoms. The average molecular weight is 612 g/mol. The number of benzene rings is 2. The number of amides is 2. The van der Waals surface area contributed by atoms with Crippen molar-refractivity contribution in [1.82, 2.24) is 30.4 Å². The van der Waals surface area contributed by atoms with Crippen molar-refractivity contribution >= 4 is 34.8 Å². The Morgan fingerprint density at radius 2 is 1.73 bits per heavy atom. The molecular weight excluding hydrogens is 580 g/mol. The summed E-state index contributed by atoms with van der Waals surface area (Å²) in [6, 6.07) is 9.04. The van der Waals surface area contributed by atoms with Gasteiger partial charge in [0.25, 0.3) is 5.56 Å². The van der Waals surface area contributed by atoms with Crippen molar-refractivity contribution < 1.29 is 23.1 Å². The van der Waals surface area contributed by atoms with Gasteiger partial charge in [-0.2, -0.15) is 0 Å². The number of aliphatic imine (C=N–C) groups is 1. The van der Waals surface area contributed by atoms with E-state index in [0.29, 0.717) is 17.3 Å². The van der Waals surface area contributed by atoms with E-state index in [1.165, 1.54) is 32.4 Å². The number of carbonyl (C=O) groups excluding carboxylic acids is 1. The summed E-state index contributed by atoms with van der Waals surface area (Å²) in [7, 11) is 6.19. The largest absolute Gasteiger partial charge is 0.481 e. The van der Waals surface area contributed by atoms with Crippen molar-refractivity contribution in [3.63, 3.8) is 0 Å². The zero-order chi connectivity index (χ0) is 32.0. The number of carbonyl (C=O) groups is 1. The van der Waals surface area contributed by atoms with Gasteiger partial charge >= 0.3 is 11.7 Å². The van der Waals surface area contributed by atoms with Gasteiger partial charge in [-0.3, -0.25) is 30.0 Å². The molecule has 0 spiro atoms. The molecule has 3 aromatic rings. The average Bonchev–Trinajstić information content (AvgIpc) is 2.97. The monoisotopic (exact) mass is 611 g/mol. The third-order valence-electron chi connectivity index (χ3n) is 6.27. The summed E-state index contributed by atoms with van der Waals surface area (Å²) in [4.78, 5) is 50.5. The predicted octanol–water partition coefficient (Wildman–Crippen LogP) is 1.68. The van der Waals surface area contributed by atoms with Crippen molar-refractivity contribution in [2.45, 2.75) is 6.54 Å². The summed E-state index contributed by atoms with van der Waals surface area (Å²) < 4.78 is 36.2. The molecule has 4 rings (SSSR count). The predicted molar refractivity (Wildman–Crippen MR) is 161 cm³/mol. The molecule has 2 aromatic carbocycles. The lowest BCUT2D eigenvalue weighted by Crippen LogP contribution is -2.49. The third kappa shape index (κ3) is 6.93. The summed E-state index contributed by atoms with van der Waals surface area (Å²) in [5.41, 5.74) is 12.6. The zero-order valence-corrected chi connectivity index (χ0v) is 24.3.